The molecule has 3 aromatic carbocycles. The van der Waals surface area contributed by atoms with Crippen molar-refractivity contribution in [2.45, 2.75) is 37.3 Å². The van der Waals surface area contributed by atoms with Gasteiger partial charge < -0.3 is 9.64 Å². The molecule has 2 atom stereocenters. The summed E-state index contributed by atoms with van der Waals surface area (Å²) in [6, 6.07) is 21.5. The van der Waals surface area contributed by atoms with Crippen molar-refractivity contribution in [3.05, 3.63) is 83.9 Å². The Labute approximate surface area is 188 Å². The summed E-state index contributed by atoms with van der Waals surface area (Å²) in [6.07, 6.45) is -0.185. The van der Waals surface area contributed by atoms with E-state index in [1.807, 2.05) is 38.1 Å². The Bertz CT molecular complexity index is 1290. The highest BCUT2D eigenvalue weighted by atomic mass is 32.2. The number of sulfonamides is 1. The fraction of sp³-hybridized carbons (Fsp3) is 0.240. The minimum atomic E-state index is -3.87. The van der Waals surface area contributed by atoms with Crippen LogP contribution in [-0.2, 0) is 21.2 Å². The van der Waals surface area contributed by atoms with E-state index < -0.39 is 16.1 Å². The maximum atomic E-state index is 13.6. The molecular weight excluding hydrogens is 424 g/mol. The topological polar surface area (TPSA) is 66.9 Å². The lowest BCUT2D eigenvalue weighted by molar-refractivity contribution is -0.125. The van der Waals surface area contributed by atoms with Gasteiger partial charge in [0.05, 0.1) is 17.1 Å². The lowest BCUT2D eigenvalue weighted by Crippen LogP contribution is -2.53. The van der Waals surface area contributed by atoms with Gasteiger partial charge in [0.25, 0.3) is 15.9 Å². The first kappa shape index (κ1) is 20.6. The number of hydrogen-bond acceptors (Lipinski definition) is 4. The van der Waals surface area contributed by atoms with Crippen molar-refractivity contribution in [1.82, 2.24) is 0 Å². The quantitative estimate of drug-likeness (QED) is 0.609. The van der Waals surface area contributed by atoms with Crippen molar-refractivity contribution in [2.75, 3.05) is 15.7 Å². The second-order valence-electron chi connectivity index (χ2n) is 8.31. The summed E-state index contributed by atoms with van der Waals surface area (Å²) in [5.41, 5.74) is 3.38. The predicted octanol–water partition coefficient (Wildman–Crippen LogP) is 3.93. The van der Waals surface area contributed by atoms with Gasteiger partial charge in [0, 0.05) is 11.7 Å². The minimum absolute atomic E-state index is 0.0252. The molecule has 0 aliphatic carbocycles. The number of carbonyl (C=O) groups excluding carboxylic acids is 1. The van der Waals surface area contributed by atoms with Gasteiger partial charge in [-0.25, -0.2) is 8.42 Å². The van der Waals surface area contributed by atoms with Gasteiger partial charge in [-0.3, -0.25) is 9.10 Å². The summed E-state index contributed by atoms with van der Waals surface area (Å²) in [5.74, 6) is 0.147. The molecule has 2 aliphatic heterocycles. The summed E-state index contributed by atoms with van der Waals surface area (Å²) in [5, 5.41) is 0. The van der Waals surface area contributed by atoms with Crippen LogP contribution in [-0.4, -0.2) is 33.0 Å². The number of benzene rings is 3. The van der Waals surface area contributed by atoms with E-state index in [4.69, 9.17) is 4.74 Å². The molecule has 3 aromatic rings. The second kappa shape index (κ2) is 7.67. The third-order valence-corrected chi connectivity index (χ3v) is 7.86. The fourth-order valence-electron chi connectivity index (χ4n) is 4.45. The van der Waals surface area contributed by atoms with E-state index in [0.717, 1.165) is 23.2 Å². The summed E-state index contributed by atoms with van der Waals surface area (Å²) >= 11 is 0. The van der Waals surface area contributed by atoms with Gasteiger partial charge in [0.2, 0.25) is 0 Å². The van der Waals surface area contributed by atoms with Crippen LogP contribution in [0.5, 0.6) is 5.75 Å². The Morgan fingerprint density at radius 3 is 2.34 bits per heavy atom. The number of ether oxygens (including phenoxy) is 1. The Balaban J connectivity index is 1.53. The molecule has 6 nitrogen and oxygen atoms in total. The number of anilines is 2. The highest BCUT2D eigenvalue weighted by molar-refractivity contribution is 7.92. The van der Waals surface area contributed by atoms with E-state index in [1.165, 1.54) is 4.31 Å². The van der Waals surface area contributed by atoms with Crippen LogP contribution in [0.2, 0.25) is 0 Å². The van der Waals surface area contributed by atoms with Crippen molar-refractivity contribution in [1.29, 1.82) is 0 Å². The summed E-state index contributed by atoms with van der Waals surface area (Å²) in [4.78, 5) is 15.5. The number of aryl methyl sites for hydroxylation is 1. The van der Waals surface area contributed by atoms with Crippen LogP contribution in [0.1, 0.15) is 18.1 Å². The average molecular weight is 449 g/mol. The highest BCUT2D eigenvalue weighted by Crippen LogP contribution is 2.39. The van der Waals surface area contributed by atoms with Crippen molar-refractivity contribution in [3.8, 4) is 5.75 Å². The lowest BCUT2D eigenvalue weighted by Gasteiger charge is -2.37. The molecule has 2 heterocycles. The maximum absolute atomic E-state index is 13.6. The summed E-state index contributed by atoms with van der Waals surface area (Å²) in [7, 11) is -3.87. The van der Waals surface area contributed by atoms with E-state index in [1.54, 1.807) is 53.4 Å². The van der Waals surface area contributed by atoms with Crippen LogP contribution in [0, 0.1) is 6.92 Å². The van der Waals surface area contributed by atoms with E-state index in [0.29, 0.717) is 11.4 Å². The lowest BCUT2D eigenvalue weighted by atomic mass is 10.1. The first-order chi connectivity index (χ1) is 15.4. The number of para-hydroxylation sites is 3. The van der Waals surface area contributed by atoms with Crippen LogP contribution in [0.3, 0.4) is 0 Å². The fourth-order valence-corrected chi connectivity index (χ4v) is 5.93. The first-order valence-corrected chi connectivity index (χ1v) is 12.1. The average Bonchev–Trinajstić information content (AvgIpc) is 3.13. The Morgan fingerprint density at radius 2 is 1.59 bits per heavy atom. The van der Waals surface area contributed by atoms with Gasteiger partial charge in [-0.05, 0) is 56.2 Å². The van der Waals surface area contributed by atoms with E-state index in [-0.39, 0.29) is 23.4 Å². The smallest absolute Gasteiger partial charge is 0.270 e. The van der Waals surface area contributed by atoms with Crippen molar-refractivity contribution >= 4 is 27.3 Å². The molecule has 0 bridgehead atoms. The molecule has 5 rings (SSSR count). The normalized spacial score (nSPS) is 19.8. The molecule has 0 aromatic heterocycles. The molecular formula is C25H24N2O4S. The standard InChI is InChI=1S/C25H24N2O4S/c1-17-11-13-20(14-12-17)32(29,30)26-16-24(31-23-10-6-5-9-22(23)26)25(28)27-18(2)15-19-7-3-4-8-21(19)27/h3-14,18,24H,15-16H2,1-2H3/t18-,24-/m0/s1. The molecule has 0 saturated carbocycles. The molecule has 1 amide bonds. The Hall–Kier alpha value is -3.32. The van der Waals surface area contributed by atoms with Crippen LogP contribution < -0.4 is 13.9 Å². The van der Waals surface area contributed by atoms with E-state index in [2.05, 4.69) is 0 Å². The Morgan fingerprint density at radius 1 is 0.938 bits per heavy atom. The first-order valence-electron chi connectivity index (χ1n) is 10.6. The largest absolute Gasteiger partial charge is 0.476 e. The number of fused-ring (bicyclic) bond motifs is 2. The number of amides is 1. The molecule has 32 heavy (non-hydrogen) atoms. The number of carbonyl (C=O) groups is 1. The van der Waals surface area contributed by atoms with Crippen molar-refractivity contribution in [2.24, 2.45) is 0 Å². The van der Waals surface area contributed by atoms with Gasteiger partial charge in [0.15, 0.2) is 6.10 Å². The minimum Gasteiger partial charge on any atom is -0.476 e. The summed E-state index contributed by atoms with van der Waals surface area (Å²) < 4.78 is 34.5. The van der Waals surface area contributed by atoms with E-state index >= 15 is 0 Å². The highest BCUT2D eigenvalue weighted by Gasteiger charge is 2.42. The molecule has 0 unspecified atom stereocenters. The molecule has 0 spiro atoms. The molecule has 0 saturated heterocycles. The van der Waals surface area contributed by atoms with Crippen molar-refractivity contribution < 1.29 is 17.9 Å². The molecule has 2 aliphatic rings. The third kappa shape index (κ3) is 3.33. The zero-order valence-corrected chi connectivity index (χ0v) is 18.7. The molecule has 0 N–H and O–H groups in total. The van der Waals surface area contributed by atoms with Gasteiger partial charge in [0.1, 0.15) is 5.75 Å². The van der Waals surface area contributed by atoms with Gasteiger partial charge >= 0.3 is 0 Å². The molecule has 0 fully saturated rings. The van der Waals surface area contributed by atoms with Gasteiger partial charge in [-0.1, -0.05) is 48.0 Å². The number of rotatable bonds is 3. The van der Waals surface area contributed by atoms with Gasteiger partial charge in [-0.2, -0.15) is 0 Å². The van der Waals surface area contributed by atoms with E-state index in [9.17, 15) is 13.2 Å². The molecule has 0 radical (unpaired) electrons. The Kier molecular flexibility index (Phi) is 4.93. The predicted molar refractivity (Wildman–Crippen MR) is 124 cm³/mol. The molecule has 7 heteroatoms. The van der Waals surface area contributed by atoms with Crippen LogP contribution >= 0.6 is 0 Å². The van der Waals surface area contributed by atoms with Crippen LogP contribution in [0.15, 0.2) is 77.7 Å². The molecule has 164 valence electrons. The van der Waals surface area contributed by atoms with Gasteiger partial charge in [-0.15, -0.1) is 0 Å². The third-order valence-electron chi connectivity index (χ3n) is 6.06. The van der Waals surface area contributed by atoms with Crippen molar-refractivity contribution in [3.63, 3.8) is 0 Å². The number of nitrogens with zero attached hydrogens (tertiary/aromatic N) is 2. The zero-order valence-electron chi connectivity index (χ0n) is 17.9. The zero-order chi connectivity index (χ0) is 22.5. The maximum Gasteiger partial charge on any atom is 0.270 e. The second-order valence-corrected chi connectivity index (χ2v) is 10.2. The monoisotopic (exact) mass is 448 g/mol. The van der Waals surface area contributed by atoms with Crippen LogP contribution in [0.4, 0.5) is 11.4 Å². The number of hydrogen-bond donors (Lipinski definition) is 0. The SMILES string of the molecule is Cc1ccc(S(=O)(=O)N2C[C@@H](C(=O)N3c4ccccc4C[C@@H]3C)Oc3ccccc32)cc1. The summed E-state index contributed by atoms with van der Waals surface area (Å²) in [6.45, 7) is 3.82. The van der Waals surface area contributed by atoms with Crippen LogP contribution in [0.25, 0.3) is 0 Å².